The van der Waals surface area contributed by atoms with Crippen LogP contribution < -0.4 is 4.72 Å². The number of sulfonamides is 1. The molecule has 32 heavy (non-hydrogen) atoms. The molecule has 4 nitrogen and oxygen atoms in total. The molecule has 162 valence electrons. The zero-order valence-corrected chi connectivity index (χ0v) is 19.4. The number of benzene rings is 3. The molecule has 4 aromatic rings. The number of nitrogens with zero attached hydrogens (tertiary/aromatic N) is 1. The van der Waals surface area contributed by atoms with E-state index in [0.29, 0.717) is 29.2 Å². The summed E-state index contributed by atoms with van der Waals surface area (Å²) in [5.41, 5.74) is 4.62. The molecule has 0 atom stereocenters. The van der Waals surface area contributed by atoms with Crippen LogP contribution in [0.4, 0.5) is 10.1 Å². The number of aryl methyl sites for hydroxylation is 1. The van der Waals surface area contributed by atoms with Gasteiger partial charge in [-0.2, -0.15) is 0 Å². The van der Waals surface area contributed by atoms with Crippen LogP contribution in [0.2, 0.25) is 5.02 Å². The molecule has 0 unspecified atom stereocenters. The minimum absolute atomic E-state index is 0.256. The van der Waals surface area contributed by atoms with Gasteiger partial charge in [-0.15, -0.1) is 11.3 Å². The Balaban J connectivity index is 1.43. The van der Waals surface area contributed by atoms with Crippen molar-refractivity contribution < 1.29 is 12.8 Å². The van der Waals surface area contributed by atoms with Gasteiger partial charge in [-0.05, 0) is 78.4 Å². The summed E-state index contributed by atoms with van der Waals surface area (Å²) in [6, 6.07) is 17.2. The van der Waals surface area contributed by atoms with E-state index in [1.165, 1.54) is 17.4 Å². The highest BCUT2D eigenvalue weighted by Gasteiger charge is 2.22. The van der Waals surface area contributed by atoms with Gasteiger partial charge in [-0.25, -0.2) is 12.8 Å². The molecule has 0 aliphatic carbocycles. The minimum Gasteiger partial charge on any atom is -0.284 e. The summed E-state index contributed by atoms with van der Waals surface area (Å²) in [7, 11) is -3.76. The molecule has 1 aromatic heterocycles. The summed E-state index contributed by atoms with van der Waals surface area (Å²) in [5.74, 6) is -0.256. The molecule has 3 aromatic carbocycles. The maximum Gasteiger partial charge on any atom is 0.271 e. The van der Waals surface area contributed by atoms with Gasteiger partial charge in [0.1, 0.15) is 10.0 Å². The lowest BCUT2D eigenvalue weighted by atomic mass is 9.93. The van der Waals surface area contributed by atoms with Gasteiger partial charge in [0.2, 0.25) is 0 Å². The summed E-state index contributed by atoms with van der Waals surface area (Å²) in [6.07, 6.45) is 0.703. The molecule has 0 spiro atoms. The number of thiophene rings is 1. The predicted molar refractivity (Wildman–Crippen MR) is 129 cm³/mol. The van der Waals surface area contributed by atoms with E-state index in [-0.39, 0.29) is 10.0 Å². The van der Waals surface area contributed by atoms with E-state index in [4.69, 9.17) is 11.6 Å². The summed E-state index contributed by atoms with van der Waals surface area (Å²) < 4.78 is 43.5. The third-order valence-corrected chi connectivity index (χ3v) is 8.99. The van der Waals surface area contributed by atoms with Gasteiger partial charge in [-0.1, -0.05) is 23.7 Å². The topological polar surface area (TPSA) is 58.5 Å². The van der Waals surface area contributed by atoms with Crippen LogP contribution in [0.15, 0.2) is 69.9 Å². The van der Waals surface area contributed by atoms with Gasteiger partial charge in [0.05, 0.1) is 5.71 Å². The van der Waals surface area contributed by atoms with Gasteiger partial charge in [0.25, 0.3) is 10.0 Å². The van der Waals surface area contributed by atoms with E-state index in [1.54, 1.807) is 43.3 Å². The molecule has 0 amide bonds. The van der Waals surface area contributed by atoms with Crippen LogP contribution in [0.1, 0.15) is 22.3 Å². The van der Waals surface area contributed by atoms with Gasteiger partial charge < -0.3 is 0 Å². The van der Waals surface area contributed by atoms with Gasteiger partial charge in [0, 0.05) is 33.1 Å². The lowest BCUT2D eigenvalue weighted by Gasteiger charge is -2.17. The molecular weight excluding hydrogens is 467 g/mol. The van der Waals surface area contributed by atoms with Gasteiger partial charge >= 0.3 is 0 Å². The molecule has 1 N–H and O–H groups in total. The summed E-state index contributed by atoms with van der Waals surface area (Å²) >= 11 is 7.29. The molecule has 0 saturated heterocycles. The van der Waals surface area contributed by atoms with E-state index in [0.717, 1.165) is 32.5 Å². The highest BCUT2D eigenvalue weighted by atomic mass is 35.5. The fourth-order valence-corrected chi connectivity index (χ4v) is 6.92. The minimum atomic E-state index is -3.76. The first-order valence-electron chi connectivity index (χ1n) is 9.97. The molecule has 0 radical (unpaired) electrons. The molecule has 2 heterocycles. The van der Waals surface area contributed by atoms with Crippen LogP contribution >= 0.6 is 22.9 Å². The summed E-state index contributed by atoms with van der Waals surface area (Å²) in [6.45, 7) is 2.38. The van der Waals surface area contributed by atoms with Crippen molar-refractivity contribution in [3.8, 4) is 0 Å². The largest absolute Gasteiger partial charge is 0.284 e. The van der Waals surface area contributed by atoms with Crippen LogP contribution in [-0.4, -0.2) is 20.7 Å². The van der Waals surface area contributed by atoms with Crippen molar-refractivity contribution >= 4 is 54.4 Å². The predicted octanol–water partition coefficient (Wildman–Crippen LogP) is 6.20. The van der Waals surface area contributed by atoms with Crippen molar-refractivity contribution in [2.24, 2.45) is 4.99 Å². The Kier molecular flexibility index (Phi) is 5.28. The van der Waals surface area contributed by atoms with Crippen LogP contribution in [-0.2, 0) is 16.4 Å². The molecule has 1 aliphatic heterocycles. The summed E-state index contributed by atoms with van der Waals surface area (Å²) in [4.78, 5) is 4.61. The molecule has 0 fully saturated rings. The highest BCUT2D eigenvalue weighted by molar-refractivity contribution is 7.94. The van der Waals surface area contributed by atoms with Crippen LogP contribution in [0.3, 0.4) is 0 Å². The first-order chi connectivity index (χ1) is 15.3. The Morgan fingerprint density at radius 3 is 2.62 bits per heavy atom. The third-order valence-electron chi connectivity index (χ3n) is 5.48. The maximum atomic E-state index is 13.6. The average molecular weight is 485 g/mol. The van der Waals surface area contributed by atoms with E-state index in [9.17, 15) is 12.8 Å². The zero-order valence-electron chi connectivity index (χ0n) is 17.0. The number of anilines is 1. The fourth-order valence-electron chi connectivity index (χ4n) is 3.94. The van der Waals surface area contributed by atoms with Gasteiger partial charge in [0.15, 0.2) is 0 Å². The Labute approximate surface area is 194 Å². The van der Waals surface area contributed by atoms with Crippen LogP contribution in [0.5, 0.6) is 0 Å². The number of rotatable bonds is 4. The van der Waals surface area contributed by atoms with E-state index >= 15 is 0 Å². The number of fused-ring (bicyclic) bond motifs is 2. The van der Waals surface area contributed by atoms with Crippen molar-refractivity contribution in [3.05, 3.63) is 93.8 Å². The second-order valence-corrected chi connectivity index (χ2v) is 11.0. The Morgan fingerprint density at radius 2 is 1.84 bits per heavy atom. The lowest BCUT2D eigenvalue weighted by molar-refractivity contribution is 0.602. The number of hydrogen-bond acceptors (Lipinski definition) is 4. The molecule has 0 bridgehead atoms. The molecular formula is C24H18ClFN2O2S2. The summed E-state index contributed by atoms with van der Waals surface area (Å²) in [5, 5.41) is 1.41. The third kappa shape index (κ3) is 3.81. The maximum absolute atomic E-state index is 13.6. The molecule has 8 heteroatoms. The van der Waals surface area contributed by atoms with Crippen molar-refractivity contribution in [1.82, 2.24) is 0 Å². The number of halogens is 2. The number of aliphatic imine (C=N–C) groups is 1. The highest BCUT2D eigenvalue weighted by Crippen LogP contribution is 2.36. The van der Waals surface area contributed by atoms with Crippen molar-refractivity contribution in [1.29, 1.82) is 0 Å². The molecule has 0 saturated carbocycles. The van der Waals surface area contributed by atoms with Crippen molar-refractivity contribution in [3.63, 3.8) is 0 Å². The lowest BCUT2D eigenvalue weighted by Crippen LogP contribution is -2.15. The second kappa shape index (κ2) is 7.99. The smallest absolute Gasteiger partial charge is 0.271 e. The first-order valence-corrected chi connectivity index (χ1v) is 12.6. The molecule has 5 rings (SSSR count). The monoisotopic (exact) mass is 484 g/mol. The van der Waals surface area contributed by atoms with E-state index < -0.39 is 10.0 Å². The van der Waals surface area contributed by atoms with E-state index in [2.05, 4.69) is 9.71 Å². The SMILES string of the molecule is Cc1c(S(=O)(=O)Nc2ccc(C3=NCCc4cc(F)ccc43)cc2)sc2ccc(Cl)cc12. The Morgan fingerprint density at radius 1 is 1.06 bits per heavy atom. The normalized spacial score (nSPS) is 13.7. The van der Waals surface area contributed by atoms with E-state index in [1.807, 2.05) is 18.2 Å². The van der Waals surface area contributed by atoms with Crippen molar-refractivity contribution in [2.45, 2.75) is 17.6 Å². The van der Waals surface area contributed by atoms with Crippen molar-refractivity contribution in [2.75, 3.05) is 11.3 Å². The first kappa shape index (κ1) is 21.1. The standard InChI is InChI=1S/C24H18ClFN2O2S2/c1-14-21-13-17(25)4-9-22(21)31-24(14)32(29,30)28-19-6-2-15(3-7-19)23-20-8-5-18(26)12-16(20)10-11-27-23/h2-9,12-13,28H,10-11H2,1H3. The van der Waals surface area contributed by atoms with Gasteiger partial charge in [-0.3, -0.25) is 9.71 Å². The second-order valence-electron chi connectivity index (χ2n) is 7.62. The number of nitrogens with one attached hydrogen (secondary N) is 1. The van der Waals surface area contributed by atoms with Crippen LogP contribution in [0.25, 0.3) is 10.1 Å². The average Bonchev–Trinajstić information content (AvgIpc) is 3.10. The van der Waals surface area contributed by atoms with Crippen LogP contribution in [0, 0.1) is 12.7 Å². The zero-order chi connectivity index (χ0) is 22.5. The quantitative estimate of drug-likeness (QED) is 0.375. The molecule has 1 aliphatic rings. The number of hydrogen-bond donors (Lipinski definition) is 1. The Hall–Kier alpha value is -2.74. The fraction of sp³-hybridized carbons (Fsp3) is 0.125. The Bertz CT molecular complexity index is 1490.